The molecule has 8 rings (SSSR count). The molecule has 238 valence electrons. The first-order valence-electron chi connectivity index (χ1n) is 16.0. The van der Waals surface area contributed by atoms with Crippen LogP contribution in [0.5, 0.6) is 11.8 Å². The van der Waals surface area contributed by atoms with Crippen molar-refractivity contribution in [3.8, 4) is 35.4 Å². The molecule has 46 heavy (non-hydrogen) atoms. The Balaban J connectivity index is 1.33. The number of aryl methyl sites for hydroxylation is 1. The molecule has 4 atom stereocenters. The largest absolute Gasteiger partial charge is 0.508 e. The van der Waals surface area contributed by atoms with Crippen molar-refractivity contribution in [1.29, 1.82) is 0 Å². The van der Waals surface area contributed by atoms with E-state index in [-0.39, 0.29) is 52.1 Å². The Morgan fingerprint density at radius 1 is 1.07 bits per heavy atom. The third-order valence-electron chi connectivity index (χ3n) is 10.5. The van der Waals surface area contributed by atoms with Gasteiger partial charge in [0.15, 0.2) is 5.82 Å². The van der Waals surface area contributed by atoms with Crippen LogP contribution < -0.4 is 9.64 Å². The van der Waals surface area contributed by atoms with Crippen LogP contribution in [0.3, 0.4) is 0 Å². The van der Waals surface area contributed by atoms with E-state index in [1.54, 1.807) is 0 Å². The number of phenolic OH excluding ortho intramolecular Hbond substituents is 1. The molecule has 2 aromatic heterocycles. The number of terminal acetylenes is 1. The van der Waals surface area contributed by atoms with Crippen LogP contribution in [0.25, 0.3) is 32.9 Å². The van der Waals surface area contributed by atoms with Crippen molar-refractivity contribution in [3.63, 3.8) is 0 Å². The normalized spacial score (nSPS) is 26.1. The van der Waals surface area contributed by atoms with E-state index >= 15 is 4.39 Å². The van der Waals surface area contributed by atoms with E-state index in [2.05, 4.69) is 20.7 Å². The number of aromatic hydroxyl groups is 1. The van der Waals surface area contributed by atoms with Crippen LogP contribution in [0.4, 0.5) is 19.0 Å². The Morgan fingerprint density at radius 2 is 1.93 bits per heavy atom. The van der Waals surface area contributed by atoms with Crippen molar-refractivity contribution in [3.05, 3.63) is 47.2 Å². The quantitative estimate of drug-likeness (QED) is 0.289. The lowest BCUT2D eigenvalue weighted by molar-refractivity contribution is 0.107. The number of alkyl halides is 1. The zero-order chi connectivity index (χ0) is 31.7. The molecule has 4 aromatic rings. The Bertz CT molecular complexity index is 1930. The van der Waals surface area contributed by atoms with Crippen LogP contribution in [-0.4, -0.2) is 80.2 Å². The van der Waals surface area contributed by atoms with E-state index in [4.69, 9.17) is 21.1 Å². The summed E-state index contributed by atoms with van der Waals surface area (Å²) in [5.74, 6) is 1.33. The maximum absolute atomic E-state index is 17.0. The third kappa shape index (κ3) is 4.64. The zero-order valence-corrected chi connectivity index (χ0v) is 25.3. The summed E-state index contributed by atoms with van der Waals surface area (Å²) in [7, 11) is 0. The lowest BCUT2D eigenvalue weighted by Gasteiger charge is -2.32. The van der Waals surface area contributed by atoms with E-state index in [1.807, 2.05) is 0 Å². The predicted molar refractivity (Wildman–Crippen MR) is 168 cm³/mol. The van der Waals surface area contributed by atoms with Gasteiger partial charge in [0.05, 0.1) is 28.3 Å². The van der Waals surface area contributed by atoms with Crippen LogP contribution >= 0.6 is 0 Å². The van der Waals surface area contributed by atoms with Crippen LogP contribution in [0.15, 0.2) is 24.3 Å². The Kier molecular flexibility index (Phi) is 6.99. The van der Waals surface area contributed by atoms with Gasteiger partial charge in [-0.25, -0.2) is 18.2 Å². The van der Waals surface area contributed by atoms with Gasteiger partial charge in [-0.05, 0) is 75.1 Å². The molecule has 8 nitrogen and oxygen atoms in total. The van der Waals surface area contributed by atoms with Gasteiger partial charge in [-0.15, -0.1) is 6.42 Å². The lowest BCUT2D eigenvalue weighted by atomic mass is 9.95. The molecule has 3 saturated heterocycles. The van der Waals surface area contributed by atoms with E-state index in [9.17, 15) is 19.0 Å². The van der Waals surface area contributed by atoms with Gasteiger partial charge < -0.3 is 19.8 Å². The predicted octanol–water partition coefficient (Wildman–Crippen LogP) is 5.43. The molecule has 0 bridgehead atoms. The SMILES string of the molecule is C#Cc1c(F)ccc2cc(O)cc(-c3nc4c5c(nc(OC[C@@]67CCCN6C[C@H](F)C7)nc5c3F)N3CCC(O)CC[C@@H]3CC4)c12. The van der Waals surface area contributed by atoms with Crippen LogP contribution in [0, 0.1) is 24.0 Å². The van der Waals surface area contributed by atoms with Gasteiger partial charge in [-0.1, -0.05) is 12.0 Å². The first-order valence-corrected chi connectivity index (χ1v) is 16.0. The summed E-state index contributed by atoms with van der Waals surface area (Å²) in [6, 6.07) is 5.51. The summed E-state index contributed by atoms with van der Waals surface area (Å²) in [5.41, 5.74) is 0.115. The average Bonchev–Trinajstić information content (AvgIpc) is 3.43. The van der Waals surface area contributed by atoms with Gasteiger partial charge in [0, 0.05) is 36.5 Å². The van der Waals surface area contributed by atoms with Crippen molar-refractivity contribution in [2.75, 3.05) is 31.1 Å². The molecule has 0 aliphatic carbocycles. The summed E-state index contributed by atoms with van der Waals surface area (Å²) in [4.78, 5) is 18.6. The molecule has 4 aliphatic heterocycles. The Labute approximate surface area is 264 Å². The summed E-state index contributed by atoms with van der Waals surface area (Å²) in [6.45, 7) is 1.87. The summed E-state index contributed by atoms with van der Waals surface area (Å²) < 4.78 is 52.7. The van der Waals surface area contributed by atoms with Gasteiger partial charge in [0.25, 0.3) is 0 Å². The fourth-order valence-electron chi connectivity index (χ4n) is 8.28. The van der Waals surface area contributed by atoms with Crippen LogP contribution in [-0.2, 0) is 6.42 Å². The number of aromatic nitrogens is 3. The van der Waals surface area contributed by atoms with Gasteiger partial charge in [-0.2, -0.15) is 9.97 Å². The summed E-state index contributed by atoms with van der Waals surface area (Å²) in [5, 5.41) is 22.3. The monoisotopic (exact) mass is 629 g/mol. The molecule has 0 radical (unpaired) electrons. The first kappa shape index (κ1) is 29.3. The second kappa shape index (κ2) is 11.0. The van der Waals surface area contributed by atoms with Crippen molar-refractivity contribution in [1.82, 2.24) is 19.9 Å². The summed E-state index contributed by atoms with van der Waals surface area (Å²) >= 11 is 0. The van der Waals surface area contributed by atoms with E-state index < -0.39 is 29.4 Å². The second-order valence-corrected chi connectivity index (χ2v) is 13.2. The molecule has 0 saturated carbocycles. The minimum Gasteiger partial charge on any atom is -0.508 e. The van der Waals surface area contributed by atoms with E-state index in [1.165, 1.54) is 24.3 Å². The molecule has 11 heteroatoms. The zero-order valence-electron chi connectivity index (χ0n) is 25.3. The number of anilines is 1. The number of hydrogen-bond acceptors (Lipinski definition) is 8. The highest BCUT2D eigenvalue weighted by Crippen LogP contribution is 2.44. The smallest absolute Gasteiger partial charge is 0.319 e. The third-order valence-corrected chi connectivity index (χ3v) is 10.5. The minimum absolute atomic E-state index is 0.00355. The van der Waals surface area contributed by atoms with Gasteiger partial charge >= 0.3 is 6.01 Å². The fourth-order valence-corrected chi connectivity index (χ4v) is 8.28. The number of halogens is 3. The summed E-state index contributed by atoms with van der Waals surface area (Å²) in [6.07, 6.45) is 9.54. The number of rotatable bonds is 4. The number of hydrogen-bond donors (Lipinski definition) is 2. The van der Waals surface area contributed by atoms with Gasteiger partial charge in [-0.3, -0.25) is 4.90 Å². The van der Waals surface area contributed by atoms with Crippen LogP contribution in [0.2, 0.25) is 0 Å². The van der Waals surface area contributed by atoms with Crippen molar-refractivity contribution < 1.29 is 28.1 Å². The molecule has 2 aromatic carbocycles. The fraction of sp³-hybridized carbons (Fsp3) is 0.457. The molecular formula is C35H34F3N5O3. The Morgan fingerprint density at radius 3 is 2.78 bits per heavy atom. The average molecular weight is 630 g/mol. The van der Waals surface area contributed by atoms with Crippen molar-refractivity contribution in [2.45, 2.75) is 75.2 Å². The molecule has 4 aliphatic rings. The standard InChI is InChI=1S/C35H34F3N5O3/c1-2-24-26(37)8-4-19-14-23(45)15-25(28(19)24)31-30(38)32-29-27(39-31)9-6-21-5-7-22(44)10-13-43(21)33(29)41-34(40-32)46-18-35-11-3-12-42(35)17-20(36)16-35/h1,4,8,14-15,20-22,44-45H,3,5-7,9-13,16-18H2/t20-,21-,22?,35+/m1/s1. The number of nitrogens with zero attached hydrogens (tertiary/aromatic N) is 5. The molecule has 6 heterocycles. The Hall–Kier alpha value is -4.14. The number of aliphatic hydroxyl groups is 1. The maximum atomic E-state index is 17.0. The lowest BCUT2D eigenvalue weighted by Crippen LogP contribution is -2.43. The molecule has 3 fully saturated rings. The maximum Gasteiger partial charge on any atom is 0.319 e. The highest BCUT2D eigenvalue weighted by molar-refractivity contribution is 6.03. The molecule has 2 N–H and O–H groups in total. The molecule has 0 amide bonds. The number of pyridine rings is 1. The van der Waals surface area contributed by atoms with Crippen LogP contribution in [0.1, 0.15) is 56.2 Å². The van der Waals surface area contributed by atoms with Gasteiger partial charge in [0.2, 0.25) is 0 Å². The highest BCUT2D eigenvalue weighted by Gasteiger charge is 2.49. The van der Waals surface area contributed by atoms with E-state index in [0.29, 0.717) is 67.5 Å². The molecular weight excluding hydrogens is 595 g/mol. The number of aliphatic hydroxyl groups excluding tert-OH is 1. The van der Waals surface area contributed by atoms with Crippen molar-refractivity contribution >= 4 is 27.5 Å². The van der Waals surface area contributed by atoms with E-state index in [0.717, 1.165) is 25.8 Å². The number of benzene rings is 2. The molecule has 0 spiro atoms. The highest BCUT2D eigenvalue weighted by atomic mass is 19.1. The second-order valence-electron chi connectivity index (χ2n) is 13.2. The van der Waals surface area contributed by atoms with Crippen molar-refractivity contribution in [2.24, 2.45) is 0 Å². The molecule has 1 unspecified atom stereocenters. The topological polar surface area (TPSA) is 94.8 Å². The minimum atomic E-state index is -0.932. The number of fused-ring (bicyclic) bond motifs is 4. The number of ether oxygens (including phenoxy) is 1. The van der Waals surface area contributed by atoms with Gasteiger partial charge in [0.1, 0.15) is 41.4 Å². The number of phenols is 1. The first-order chi connectivity index (χ1) is 22.2.